The third-order valence-corrected chi connectivity index (χ3v) is 7.28. The zero-order valence-electron chi connectivity index (χ0n) is 17.4. The Labute approximate surface area is 182 Å². The van der Waals surface area contributed by atoms with E-state index in [9.17, 15) is 9.59 Å². The molecule has 0 spiro atoms. The van der Waals surface area contributed by atoms with Gasteiger partial charge in [0.2, 0.25) is 0 Å². The van der Waals surface area contributed by atoms with Gasteiger partial charge in [0.1, 0.15) is 24.7 Å². The average Bonchev–Trinajstić information content (AvgIpc) is 3.41. The standard InChI is InChI=1S/C24H29NO4S/c1-28-21-7-5-18(6-8-21)15-29-24(27)23(11-17-3-2-4-17)25-12-20(14-26)22(13-25)19-9-10-30-16-19/h5-10,14,16-17,20,22-23H,2-4,11-13,15H2,1H3/t20-,22-,23-/m1/s1. The molecule has 2 fully saturated rings. The molecule has 1 aliphatic heterocycles. The van der Waals surface area contributed by atoms with E-state index in [1.54, 1.807) is 18.4 Å². The molecule has 0 unspecified atom stereocenters. The van der Waals surface area contributed by atoms with Crippen LogP contribution in [0.15, 0.2) is 41.1 Å². The summed E-state index contributed by atoms with van der Waals surface area (Å²) < 4.78 is 10.9. The summed E-state index contributed by atoms with van der Waals surface area (Å²) in [7, 11) is 1.63. The van der Waals surface area contributed by atoms with Crippen LogP contribution in [0.4, 0.5) is 0 Å². The topological polar surface area (TPSA) is 55.8 Å². The van der Waals surface area contributed by atoms with Crippen molar-refractivity contribution in [3.05, 3.63) is 52.2 Å². The quantitative estimate of drug-likeness (QED) is 0.442. The van der Waals surface area contributed by atoms with Crippen molar-refractivity contribution in [1.82, 2.24) is 4.90 Å². The number of hydrogen-bond donors (Lipinski definition) is 0. The Bertz CT molecular complexity index is 831. The molecule has 4 rings (SSSR count). The monoisotopic (exact) mass is 427 g/mol. The zero-order chi connectivity index (χ0) is 20.9. The molecule has 30 heavy (non-hydrogen) atoms. The molecule has 0 bridgehead atoms. The van der Waals surface area contributed by atoms with E-state index >= 15 is 0 Å². The van der Waals surface area contributed by atoms with Crippen molar-refractivity contribution in [3.8, 4) is 5.75 Å². The Morgan fingerprint density at radius 2 is 2.03 bits per heavy atom. The van der Waals surface area contributed by atoms with Crippen molar-refractivity contribution in [2.24, 2.45) is 11.8 Å². The highest BCUT2D eigenvalue weighted by molar-refractivity contribution is 7.08. The fourth-order valence-electron chi connectivity index (χ4n) is 4.50. The molecule has 0 radical (unpaired) electrons. The first-order valence-corrected chi connectivity index (χ1v) is 11.6. The number of thiophene rings is 1. The van der Waals surface area contributed by atoms with Gasteiger partial charge in [-0.05, 0) is 52.4 Å². The van der Waals surface area contributed by atoms with Gasteiger partial charge in [-0.1, -0.05) is 31.4 Å². The molecular formula is C24H29NO4S. The van der Waals surface area contributed by atoms with Gasteiger partial charge >= 0.3 is 5.97 Å². The SMILES string of the molecule is COc1ccc(COC(=O)[C@@H](CC2CCC2)N2C[C@H](c3ccsc3)[C@@H](C=O)C2)cc1. The van der Waals surface area contributed by atoms with E-state index in [1.807, 2.05) is 24.3 Å². The van der Waals surface area contributed by atoms with Gasteiger partial charge in [-0.2, -0.15) is 11.3 Å². The van der Waals surface area contributed by atoms with Crippen LogP contribution in [0.1, 0.15) is 42.7 Å². The van der Waals surface area contributed by atoms with E-state index in [1.165, 1.54) is 24.8 Å². The summed E-state index contributed by atoms with van der Waals surface area (Å²) in [5.74, 6) is 1.28. The van der Waals surface area contributed by atoms with Crippen LogP contribution in [0.5, 0.6) is 5.75 Å². The van der Waals surface area contributed by atoms with E-state index in [2.05, 4.69) is 21.7 Å². The number of carbonyl (C=O) groups excluding carboxylic acids is 2. The number of aldehydes is 1. The van der Waals surface area contributed by atoms with E-state index in [0.717, 1.165) is 30.6 Å². The van der Waals surface area contributed by atoms with Crippen LogP contribution in [0, 0.1) is 11.8 Å². The molecule has 2 heterocycles. The fraction of sp³-hybridized carbons (Fsp3) is 0.500. The van der Waals surface area contributed by atoms with Crippen molar-refractivity contribution < 1.29 is 19.1 Å². The molecule has 2 aromatic rings. The lowest BCUT2D eigenvalue weighted by atomic mass is 9.80. The van der Waals surface area contributed by atoms with Crippen LogP contribution in [-0.4, -0.2) is 43.4 Å². The number of benzene rings is 1. The van der Waals surface area contributed by atoms with Gasteiger partial charge in [-0.3, -0.25) is 9.69 Å². The van der Waals surface area contributed by atoms with E-state index in [-0.39, 0.29) is 30.5 Å². The lowest BCUT2D eigenvalue weighted by Crippen LogP contribution is -2.43. The Kier molecular flexibility index (Phi) is 6.85. The summed E-state index contributed by atoms with van der Waals surface area (Å²) in [6.07, 6.45) is 5.49. The van der Waals surface area contributed by atoms with Gasteiger partial charge in [0.25, 0.3) is 0 Å². The molecule has 160 valence electrons. The van der Waals surface area contributed by atoms with Gasteiger partial charge in [-0.25, -0.2) is 0 Å². The lowest BCUT2D eigenvalue weighted by molar-refractivity contribution is -0.152. The molecule has 1 saturated heterocycles. The molecule has 1 aromatic heterocycles. The van der Waals surface area contributed by atoms with Crippen molar-refractivity contribution in [3.63, 3.8) is 0 Å². The third-order valence-electron chi connectivity index (χ3n) is 6.57. The summed E-state index contributed by atoms with van der Waals surface area (Å²) in [5.41, 5.74) is 2.14. The van der Waals surface area contributed by atoms with E-state index < -0.39 is 0 Å². The first-order chi connectivity index (χ1) is 14.7. The summed E-state index contributed by atoms with van der Waals surface area (Å²) >= 11 is 1.65. The number of hydrogen-bond acceptors (Lipinski definition) is 6. The maximum Gasteiger partial charge on any atom is 0.323 e. The van der Waals surface area contributed by atoms with E-state index in [4.69, 9.17) is 9.47 Å². The molecule has 3 atom stereocenters. The minimum Gasteiger partial charge on any atom is -0.497 e. The van der Waals surface area contributed by atoms with E-state index in [0.29, 0.717) is 12.5 Å². The van der Waals surface area contributed by atoms with Crippen LogP contribution >= 0.6 is 11.3 Å². The maximum atomic E-state index is 13.1. The summed E-state index contributed by atoms with van der Waals surface area (Å²) in [5, 5.41) is 4.17. The second kappa shape index (κ2) is 9.75. The summed E-state index contributed by atoms with van der Waals surface area (Å²) in [6, 6.07) is 9.39. The van der Waals surface area contributed by atoms with Crippen molar-refractivity contribution in [1.29, 1.82) is 0 Å². The maximum absolute atomic E-state index is 13.1. The third kappa shape index (κ3) is 4.76. The number of esters is 1. The van der Waals surface area contributed by atoms with Gasteiger partial charge in [-0.15, -0.1) is 0 Å². The highest BCUT2D eigenvalue weighted by Crippen LogP contribution is 2.37. The Balaban J connectivity index is 1.43. The van der Waals surface area contributed by atoms with Crippen molar-refractivity contribution in [2.75, 3.05) is 20.2 Å². The van der Waals surface area contributed by atoms with Gasteiger partial charge in [0.15, 0.2) is 0 Å². The minimum absolute atomic E-state index is 0.0714. The molecule has 1 aliphatic carbocycles. The predicted molar refractivity (Wildman–Crippen MR) is 117 cm³/mol. The summed E-state index contributed by atoms with van der Waals surface area (Å²) in [4.78, 5) is 27.1. The number of methoxy groups -OCH3 is 1. The number of nitrogens with zero attached hydrogens (tertiary/aromatic N) is 1. The molecular weight excluding hydrogens is 398 g/mol. The Hall–Kier alpha value is -2.18. The Morgan fingerprint density at radius 3 is 2.63 bits per heavy atom. The van der Waals surface area contributed by atoms with Gasteiger partial charge in [0, 0.05) is 24.9 Å². The van der Waals surface area contributed by atoms with Crippen LogP contribution in [0.3, 0.4) is 0 Å². The predicted octanol–water partition coefficient (Wildman–Crippen LogP) is 4.27. The molecule has 0 N–H and O–H groups in total. The molecule has 5 nitrogen and oxygen atoms in total. The average molecular weight is 428 g/mol. The van der Waals surface area contributed by atoms with Crippen molar-refractivity contribution in [2.45, 2.75) is 44.2 Å². The van der Waals surface area contributed by atoms with Crippen LogP contribution in [0.2, 0.25) is 0 Å². The smallest absolute Gasteiger partial charge is 0.323 e. The Morgan fingerprint density at radius 1 is 1.23 bits per heavy atom. The number of rotatable bonds is 9. The first-order valence-electron chi connectivity index (χ1n) is 10.7. The number of carbonyl (C=O) groups is 2. The zero-order valence-corrected chi connectivity index (χ0v) is 18.2. The fourth-order valence-corrected chi connectivity index (χ4v) is 5.23. The number of ether oxygens (including phenoxy) is 2. The molecule has 1 saturated carbocycles. The molecule has 0 amide bonds. The van der Waals surface area contributed by atoms with Gasteiger partial charge < -0.3 is 14.3 Å². The normalized spacial score (nSPS) is 23.0. The van der Waals surface area contributed by atoms with Crippen LogP contribution in [0.25, 0.3) is 0 Å². The second-order valence-corrected chi connectivity index (χ2v) is 9.20. The van der Waals surface area contributed by atoms with Crippen LogP contribution in [-0.2, 0) is 20.9 Å². The molecule has 1 aromatic carbocycles. The number of likely N-dealkylation sites (tertiary alicyclic amines) is 1. The summed E-state index contributed by atoms with van der Waals surface area (Å²) in [6.45, 7) is 1.61. The van der Waals surface area contributed by atoms with Crippen molar-refractivity contribution >= 4 is 23.6 Å². The van der Waals surface area contributed by atoms with Crippen LogP contribution < -0.4 is 4.74 Å². The minimum atomic E-state index is -0.278. The first kappa shape index (κ1) is 21.1. The lowest BCUT2D eigenvalue weighted by Gasteiger charge is -2.33. The highest BCUT2D eigenvalue weighted by atomic mass is 32.1. The molecule has 6 heteroatoms. The second-order valence-electron chi connectivity index (χ2n) is 8.42. The highest BCUT2D eigenvalue weighted by Gasteiger charge is 2.41. The largest absolute Gasteiger partial charge is 0.497 e. The van der Waals surface area contributed by atoms with Gasteiger partial charge in [0.05, 0.1) is 7.11 Å². The molecule has 2 aliphatic rings.